The Labute approximate surface area is 160 Å². The topological polar surface area (TPSA) is 36.4 Å². The van der Waals surface area contributed by atoms with Gasteiger partial charge in [0.05, 0.1) is 11.1 Å². The highest BCUT2D eigenvalue weighted by molar-refractivity contribution is 5.94. The number of anilines is 1. The van der Waals surface area contributed by atoms with Crippen molar-refractivity contribution in [2.45, 2.75) is 19.0 Å². The molecular weight excluding hydrogens is 374 g/mol. The molecule has 0 atom stereocenters. The predicted octanol–water partition coefficient (Wildman–Crippen LogP) is 4.23. The molecule has 0 bridgehead atoms. The van der Waals surface area contributed by atoms with Crippen LogP contribution in [0.4, 0.5) is 23.4 Å². The second-order valence-corrected chi connectivity index (χ2v) is 7.00. The second kappa shape index (κ2) is 8.16. The lowest BCUT2D eigenvalue weighted by Crippen LogP contribution is -2.41. The van der Waals surface area contributed by atoms with Crippen LogP contribution in [0.5, 0.6) is 0 Å². The van der Waals surface area contributed by atoms with Crippen molar-refractivity contribution in [3.05, 3.63) is 59.5 Å². The van der Waals surface area contributed by atoms with Crippen LogP contribution in [0.1, 0.15) is 28.8 Å². The summed E-state index contributed by atoms with van der Waals surface area (Å²) < 4.78 is 52.4. The fourth-order valence-corrected chi connectivity index (χ4v) is 3.41. The molecule has 28 heavy (non-hydrogen) atoms. The zero-order valence-electron chi connectivity index (χ0n) is 15.4. The van der Waals surface area contributed by atoms with E-state index < -0.39 is 17.6 Å². The Bertz CT molecular complexity index is 832. The maximum Gasteiger partial charge on any atom is 0.416 e. The number of halogens is 4. The molecule has 0 saturated carbocycles. The summed E-state index contributed by atoms with van der Waals surface area (Å²) in [6, 6.07) is 7.88. The quantitative estimate of drug-likeness (QED) is 0.727. The van der Waals surface area contributed by atoms with Crippen LogP contribution in [0.25, 0.3) is 0 Å². The summed E-state index contributed by atoms with van der Waals surface area (Å²) in [6.07, 6.45) is -1.85. The van der Waals surface area contributed by atoms with Crippen molar-refractivity contribution >= 4 is 11.7 Å². The zero-order valence-corrected chi connectivity index (χ0v) is 15.4. The molecule has 8 heteroatoms. The predicted molar refractivity (Wildman–Crippen MR) is 97.5 cm³/mol. The molecule has 0 unspecified atom stereocenters. The Balaban J connectivity index is 1.57. The molecule has 1 amide bonds. The van der Waals surface area contributed by atoms with Gasteiger partial charge in [-0.3, -0.25) is 4.79 Å². The van der Waals surface area contributed by atoms with Crippen LogP contribution in [0.2, 0.25) is 0 Å². The Morgan fingerprint density at radius 1 is 1.21 bits per heavy atom. The van der Waals surface area contributed by atoms with Gasteiger partial charge in [-0.15, -0.1) is 0 Å². The van der Waals surface area contributed by atoms with E-state index in [2.05, 4.69) is 4.98 Å². The number of carbonyl (C=O) groups excluding carboxylic acids is 1. The van der Waals surface area contributed by atoms with Crippen LogP contribution < -0.4 is 4.90 Å². The molecule has 1 saturated heterocycles. The minimum atomic E-state index is -4.41. The van der Waals surface area contributed by atoms with E-state index in [4.69, 9.17) is 0 Å². The third kappa shape index (κ3) is 4.61. The number of alkyl halides is 3. The molecule has 150 valence electrons. The highest BCUT2D eigenvalue weighted by atomic mass is 19.4. The number of aromatic nitrogens is 1. The molecule has 1 aromatic heterocycles. The number of amides is 1. The molecule has 2 aromatic rings. The minimum absolute atomic E-state index is 0.0613. The molecule has 0 N–H and O–H groups in total. The first-order valence-corrected chi connectivity index (χ1v) is 9.04. The van der Waals surface area contributed by atoms with Crippen LogP contribution in [0.15, 0.2) is 42.6 Å². The molecule has 2 heterocycles. The zero-order chi connectivity index (χ0) is 20.3. The number of pyridine rings is 1. The van der Waals surface area contributed by atoms with Gasteiger partial charge in [0, 0.05) is 32.9 Å². The Morgan fingerprint density at radius 2 is 1.89 bits per heavy atom. The van der Waals surface area contributed by atoms with Crippen LogP contribution in [0.3, 0.4) is 0 Å². The number of hydrogen-bond donors (Lipinski definition) is 0. The van der Waals surface area contributed by atoms with Gasteiger partial charge in [-0.2, -0.15) is 13.2 Å². The summed E-state index contributed by atoms with van der Waals surface area (Å²) in [6.45, 7) is 1.51. The summed E-state index contributed by atoms with van der Waals surface area (Å²) in [5.41, 5.74) is -0.666. The van der Waals surface area contributed by atoms with E-state index in [-0.39, 0.29) is 23.2 Å². The van der Waals surface area contributed by atoms with Crippen molar-refractivity contribution in [2.24, 2.45) is 5.92 Å². The average molecular weight is 395 g/mol. The maximum atomic E-state index is 13.8. The van der Waals surface area contributed by atoms with Gasteiger partial charge >= 0.3 is 6.18 Å². The lowest BCUT2D eigenvalue weighted by Gasteiger charge is -2.34. The van der Waals surface area contributed by atoms with Crippen molar-refractivity contribution in [1.82, 2.24) is 9.88 Å². The van der Waals surface area contributed by atoms with Crippen molar-refractivity contribution in [3.63, 3.8) is 0 Å². The van der Waals surface area contributed by atoms with Crippen molar-refractivity contribution in [3.8, 4) is 0 Å². The molecule has 1 fully saturated rings. The standard InChI is InChI=1S/C20H21F4N3O/c1-26(18-12-15(6-9-25-18)20(22,23)24)13-14-7-10-27(11-8-14)19(28)16-4-2-3-5-17(16)21/h2-6,9,12,14H,7-8,10-11,13H2,1H3. The fraction of sp³-hybridized carbons (Fsp3) is 0.400. The van der Waals surface area contributed by atoms with Crippen LogP contribution in [-0.2, 0) is 6.18 Å². The molecule has 4 nitrogen and oxygen atoms in total. The van der Waals surface area contributed by atoms with Crippen LogP contribution >= 0.6 is 0 Å². The SMILES string of the molecule is CN(CC1CCN(C(=O)c2ccccc2F)CC1)c1cc(C(F)(F)F)ccn1. The first-order chi connectivity index (χ1) is 13.3. The Kier molecular flexibility index (Phi) is 5.86. The molecule has 1 aromatic carbocycles. The largest absolute Gasteiger partial charge is 0.416 e. The monoisotopic (exact) mass is 395 g/mol. The van der Waals surface area contributed by atoms with Crippen molar-refractivity contribution in [1.29, 1.82) is 0 Å². The highest BCUT2D eigenvalue weighted by Gasteiger charge is 2.31. The smallest absolute Gasteiger partial charge is 0.359 e. The molecule has 0 radical (unpaired) electrons. The van der Waals surface area contributed by atoms with E-state index in [0.29, 0.717) is 32.5 Å². The number of benzene rings is 1. The van der Waals surface area contributed by atoms with Gasteiger partial charge in [0.1, 0.15) is 11.6 Å². The number of likely N-dealkylation sites (tertiary alicyclic amines) is 1. The number of hydrogen-bond acceptors (Lipinski definition) is 3. The van der Waals surface area contributed by atoms with Gasteiger partial charge in [-0.1, -0.05) is 12.1 Å². The number of carbonyl (C=O) groups is 1. The van der Waals surface area contributed by atoms with E-state index in [1.807, 2.05) is 0 Å². The van der Waals surface area contributed by atoms with E-state index in [0.717, 1.165) is 18.3 Å². The third-order valence-corrected chi connectivity index (χ3v) is 5.00. The van der Waals surface area contributed by atoms with Crippen molar-refractivity contribution in [2.75, 3.05) is 31.6 Å². The molecular formula is C20H21F4N3O. The lowest BCUT2D eigenvalue weighted by molar-refractivity contribution is -0.137. The highest BCUT2D eigenvalue weighted by Crippen LogP contribution is 2.31. The number of rotatable bonds is 4. The number of piperidine rings is 1. The summed E-state index contributed by atoms with van der Waals surface area (Å²) in [7, 11) is 1.71. The van der Waals surface area contributed by atoms with Gasteiger partial charge in [-0.25, -0.2) is 9.37 Å². The first-order valence-electron chi connectivity index (χ1n) is 9.04. The van der Waals surface area contributed by atoms with Crippen LogP contribution in [0, 0.1) is 11.7 Å². The summed E-state index contributed by atoms with van der Waals surface area (Å²) in [5, 5.41) is 0. The fourth-order valence-electron chi connectivity index (χ4n) is 3.41. The van der Waals surface area contributed by atoms with Gasteiger partial charge in [0.25, 0.3) is 5.91 Å². The Hall–Kier alpha value is -2.64. The molecule has 1 aliphatic heterocycles. The second-order valence-electron chi connectivity index (χ2n) is 7.00. The number of nitrogens with zero attached hydrogens (tertiary/aromatic N) is 3. The van der Waals surface area contributed by atoms with E-state index in [9.17, 15) is 22.4 Å². The average Bonchev–Trinajstić information content (AvgIpc) is 2.68. The summed E-state index contributed by atoms with van der Waals surface area (Å²) >= 11 is 0. The minimum Gasteiger partial charge on any atom is -0.359 e. The summed E-state index contributed by atoms with van der Waals surface area (Å²) in [5.74, 6) is -0.389. The van der Waals surface area contributed by atoms with Gasteiger partial charge in [-0.05, 0) is 43.0 Å². The lowest BCUT2D eigenvalue weighted by atomic mass is 9.95. The summed E-state index contributed by atoms with van der Waals surface area (Å²) in [4.78, 5) is 19.8. The van der Waals surface area contributed by atoms with Gasteiger partial charge in [0.15, 0.2) is 0 Å². The van der Waals surface area contributed by atoms with Gasteiger partial charge < -0.3 is 9.80 Å². The Morgan fingerprint density at radius 3 is 2.54 bits per heavy atom. The van der Waals surface area contributed by atoms with Gasteiger partial charge in [0.2, 0.25) is 0 Å². The van der Waals surface area contributed by atoms with Crippen molar-refractivity contribution < 1.29 is 22.4 Å². The van der Waals surface area contributed by atoms with Crippen LogP contribution in [-0.4, -0.2) is 42.5 Å². The first kappa shape index (κ1) is 20.1. The molecule has 3 rings (SSSR count). The third-order valence-electron chi connectivity index (χ3n) is 5.00. The molecule has 0 aliphatic carbocycles. The van der Waals surface area contributed by atoms with E-state index in [1.165, 1.54) is 18.2 Å². The maximum absolute atomic E-state index is 13.8. The van der Waals surface area contributed by atoms with E-state index in [1.54, 1.807) is 22.9 Å². The molecule has 1 aliphatic rings. The normalized spacial score (nSPS) is 15.5. The molecule has 0 spiro atoms. The van der Waals surface area contributed by atoms with E-state index >= 15 is 0 Å².